The molecule has 3 nitrogen and oxygen atoms in total. The summed E-state index contributed by atoms with van der Waals surface area (Å²) in [7, 11) is 0. The number of hydrogen-bond donors (Lipinski definition) is 2. The van der Waals surface area contributed by atoms with Crippen LogP contribution in [-0.4, -0.2) is 24.8 Å². The van der Waals surface area contributed by atoms with Crippen molar-refractivity contribution in [1.82, 2.24) is 5.32 Å². The second-order valence-electron chi connectivity index (χ2n) is 4.56. The van der Waals surface area contributed by atoms with Crippen LogP contribution in [0, 0.1) is 5.92 Å². The van der Waals surface area contributed by atoms with Crippen LogP contribution in [-0.2, 0) is 0 Å². The predicted molar refractivity (Wildman–Crippen MR) is 68.2 cm³/mol. The highest BCUT2D eigenvalue weighted by Crippen LogP contribution is 2.29. The maximum Gasteiger partial charge on any atom is 0.119 e. The Balaban J connectivity index is 2.06. The molecule has 1 aromatic rings. The average Bonchev–Trinajstić information content (AvgIpc) is 2.40. The molecule has 0 spiro atoms. The third-order valence-electron chi connectivity index (χ3n) is 3.29. The molecule has 2 unspecified atom stereocenters. The van der Waals surface area contributed by atoms with Gasteiger partial charge in [0.25, 0.3) is 0 Å². The van der Waals surface area contributed by atoms with Crippen LogP contribution in [0.1, 0.15) is 31.4 Å². The fourth-order valence-electron chi connectivity index (χ4n) is 2.38. The fraction of sp³-hybridized carbons (Fsp3) is 0.571. The van der Waals surface area contributed by atoms with E-state index in [9.17, 15) is 5.11 Å². The smallest absolute Gasteiger partial charge is 0.119 e. The zero-order valence-corrected chi connectivity index (χ0v) is 10.4. The first-order chi connectivity index (χ1) is 8.31. The normalized spacial score (nSPS) is 22.1. The van der Waals surface area contributed by atoms with Gasteiger partial charge in [0, 0.05) is 12.5 Å². The van der Waals surface area contributed by atoms with Crippen molar-refractivity contribution in [2.24, 2.45) is 5.92 Å². The second kappa shape index (κ2) is 6.03. The molecule has 0 radical (unpaired) electrons. The summed E-state index contributed by atoms with van der Waals surface area (Å²) in [5.74, 6) is 1.16. The Kier molecular flexibility index (Phi) is 4.40. The standard InChI is InChI=1S/C14H21NO2/c1-2-17-13-7-3-5-11(9-13)14(16)12-6-4-8-15-10-12/h3,5,7,9,12,14-16H,2,4,6,8,10H2,1H3. The minimum Gasteiger partial charge on any atom is -0.494 e. The molecule has 0 aromatic heterocycles. The zero-order chi connectivity index (χ0) is 12.1. The fourth-order valence-corrected chi connectivity index (χ4v) is 2.38. The van der Waals surface area contributed by atoms with Gasteiger partial charge < -0.3 is 15.2 Å². The lowest BCUT2D eigenvalue weighted by Gasteiger charge is -2.27. The van der Waals surface area contributed by atoms with Crippen LogP contribution in [0.4, 0.5) is 0 Å². The van der Waals surface area contributed by atoms with E-state index < -0.39 is 0 Å². The number of ether oxygens (including phenoxy) is 1. The molecule has 1 saturated heterocycles. The summed E-state index contributed by atoms with van der Waals surface area (Å²) in [5, 5.41) is 13.7. The number of rotatable bonds is 4. The Bertz CT molecular complexity index is 348. The zero-order valence-electron chi connectivity index (χ0n) is 10.4. The molecule has 94 valence electrons. The van der Waals surface area contributed by atoms with Crippen LogP contribution < -0.4 is 10.1 Å². The summed E-state index contributed by atoms with van der Waals surface area (Å²) in [6, 6.07) is 7.79. The molecule has 1 aliphatic heterocycles. The lowest BCUT2D eigenvalue weighted by molar-refractivity contribution is 0.0919. The summed E-state index contributed by atoms with van der Waals surface area (Å²) < 4.78 is 5.46. The quantitative estimate of drug-likeness (QED) is 0.840. The molecule has 1 aromatic carbocycles. The van der Waals surface area contributed by atoms with Crippen LogP contribution in [0.3, 0.4) is 0 Å². The van der Waals surface area contributed by atoms with Gasteiger partial charge in [-0.3, -0.25) is 0 Å². The van der Waals surface area contributed by atoms with E-state index in [0.717, 1.165) is 37.2 Å². The van der Waals surface area contributed by atoms with E-state index in [0.29, 0.717) is 12.5 Å². The summed E-state index contributed by atoms with van der Waals surface area (Å²) in [6.07, 6.45) is 1.85. The van der Waals surface area contributed by atoms with Gasteiger partial charge in [0.15, 0.2) is 0 Å². The van der Waals surface area contributed by atoms with Crippen molar-refractivity contribution in [3.8, 4) is 5.75 Å². The van der Waals surface area contributed by atoms with Crippen molar-refractivity contribution >= 4 is 0 Å². The first kappa shape index (κ1) is 12.4. The van der Waals surface area contributed by atoms with E-state index in [1.54, 1.807) is 0 Å². The molecule has 0 saturated carbocycles. The highest BCUT2D eigenvalue weighted by atomic mass is 16.5. The third kappa shape index (κ3) is 3.20. The van der Waals surface area contributed by atoms with Gasteiger partial charge >= 0.3 is 0 Å². The van der Waals surface area contributed by atoms with Gasteiger partial charge in [-0.25, -0.2) is 0 Å². The molecule has 1 fully saturated rings. The van der Waals surface area contributed by atoms with E-state index >= 15 is 0 Å². The molecular weight excluding hydrogens is 214 g/mol. The van der Waals surface area contributed by atoms with Crippen LogP contribution in [0.15, 0.2) is 24.3 Å². The lowest BCUT2D eigenvalue weighted by Crippen LogP contribution is -2.33. The Hall–Kier alpha value is -1.06. The van der Waals surface area contributed by atoms with Crippen LogP contribution in [0.5, 0.6) is 5.75 Å². The van der Waals surface area contributed by atoms with Crippen molar-refractivity contribution in [1.29, 1.82) is 0 Å². The number of benzene rings is 1. The first-order valence-corrected chi connectivity index (χ1v) is 6.43. The van der Waals surface area contributed by atoms with Crippen LogP contribution in [0.2, 0.25) is 0 Å². The number of aliphatic hydroxyl groups excluding tert-OH is 1. The second-order valence-corrected chi connectivity index (χ2v) is 4.56. The minimum absolute atomic E-state index is 0.320. The molecule has 0 bridgehead atoms. The van der Waals surface area contributed by atoms with E-state index in [1.807, 2.05) is 31.2 Å². The van der Waals surface area contributed by atoms with E-state index in [2.05, 4.69) is 5.32 Å². The number of nitrogens with one attached hydrogen (secondary N) is 1. The molecule has 17 heavy (non-hydrogen) atoms. The maximum atomic E-state index is 10.3. The van der Waals surface area contributed by atoms with E-state index in [1.165, 1.54) is 0 Å². The molecule has 2 atom stereocenters. The van der Waals surface area contributed by atoms with Gasteiger partial charge in [-0.15, -0.1) is 0 Å². The Morgan fingerprint density at radius 3 is 3.12 bits per heavy atom. The highest BCUT2D eigenvalue weighted by Gasteiger charge is 2.22. The van der Waals surface area contributed by atoms with Crippen molar-refractivity contribution in [3.63, 3.8) is 0 Å². The average molecular weight is 235 g/mol. The summed E-state index contributed by atoms with van der Waals surface area (Å²) in [5.41, 5.74) is 0.963. The van der Waals surface area contributed by atoms with Gasteiger partial charge in [-0.1, -0.05) is 12.1 Å². The molecule has 2 rings (SSSR count). The third-order valence-corrected chi connectivity index (χ3v) is 3.29. The van der Waals surface area contributed by atoms with Gasteiger partial charge in [0.2, 0.25) is 0 Å². The van der Waals surface area contributed by atoms with Crippen molar-refractivity contribution < 1.29 is 9.84 Å². The molecule has 1 aliphatic rings. The summed E-state index contributed by atoms with van der Waals surface area (Å²) in [6.45, 7) is 4.60. The molecule has 0 amide bonds. The van der Waals surface area contributed by atoms with Gasteiger partial charge in [-0.2, -0.15) is 0 Å². The lowest BCUT2D eigenvalue weighted by atomic mass is 9.89. The summed E-state index contributed by atoms with van der Waals surface area (Å²) >= 11 is 0. The van der Waals surface area contributed by atoms with Gasteiger partial charge in [0.1, 0.15) is 5.75 Å². The molecular formula is C14H21NO2. The highest BCUT2D eigenvalue weighted by molar-refractivity contribution is 5.30. The van der Waals surface area contributed by atoms with Crippen molar-refractivity contribution in [3.05, 3.63) is 29.8 Å². The van der Waals surface area contributed by atoms with Crippen molar-refractivity contribution in [2.45, 2.75) is 25.9 Å². The Labute approximate surface area is 103 Å². The van der Waals surface area contributed by atoms with E-state index in [-0.39, 0.29) is 6.10 Å². The number of hydrogen-bond acceptors (Lipinski definition) is 3. The monoisotopic (exact) mass is 235 g/mol. The molecule has 3 heteroatoms. The van der Waals surface area contributed by atoms with Gasteiger partial charge in [0.05, 0.1) is 12.7 Å². The van der Waals surface area contributed by atoms with Crippen LogP contribution in [0.25, 0.3) is 0 Å². The first-order valence-electron chi connectivity index (χ1n) is 6.43. The molecule has 2 N–H and O–H groups in total. The topological polar surface area (TPSA) is 41.5 Å². The SMILES string of the molecule is CCOc1cccc(C(O)C2CCCNC2)c1. The summed E-state index contributed by atoms with van der Waals surface area (Å²) in [4.78, 5) is 0. The number of piperidine rings is 1. The molecule has 0 aliphatic carbocycles. The Morgan fingerprint density at radius 2 is 2.41 bits per heavy atom. The maximum absolute atomic E-state index is 10.3. The van der Waals surface area contributed by atoms with Gasteiger partial charge in [-0.05, 0) is 44.0 Å². The minimum atomic E-state index is -0.386. The van der Waals surface area contributed by atoms with Crippen LogP contribution >= 0.6 is 0 Å². The largest absolute Gasteiger partial charge is 0.494 e. The Morgan fingerprint density at radius 1 is 1.53 bits per heavy atom. The number of aliphatic hydroxyl groups is 1. The predicted octanol–water partition coefficient (Wildman–Crippen LogP) is 2.12. The van der Waals surface area contributed by atoms with E-state index in [4.69, 9.17) is 4.74 Å². The van der Waals surface area contributed by atoms with Crippen molar-refractivity contribution in [2.75, 3.05) is 19.7 Å². The molecule has 1 heterocycles.